The maximum Gasteiger partial charge on any atom is 0.256 e. The average Bonchev–Trinajstić information content (AvgIpc) is 2.67. The Morgan fingerprint density at radius 1 is 1.38 bits per heavy atom. The van der Waals surface area contributed by atoms with Gasteiger partial charge in [-0.2, -0.15) is 0 Å². The van der Waals surface area contributed by atoms with Gasteiger partial charge in [0.15, 0.2) is 0 Å². The third-order valence-corrected chi connectivity index (χ3v) is 3.02. The number of para-hydroxylation sites is 1. The molecule has 0 bridgehead atoms. The van der Waals surface area contributed by atoms with Crippen molar-refractivity contribution in [1.29, 1.82) is 0 Å². The molecule has 2 aromatic rings. The maximum absolute atomic E-state index is 12.1. The minimum atomic E-state index is 0.0687. The molecule has 4 heteroatoms. The number of carbonyl (C=O) groups is 1. The summed E-state index contributed by atoms with van der Waals surface area (Å²) in [5.74, 6) is 0.0687. The lowest BCUT2D eigenvalue weighted by molar-refractivity contribution is 0.0610. The molecule has 0 saturated carbocycles. The number of benzene rings is 1. The largest absolute Gasteiger partial charge is 0.360 e. The zero-order chi connectivity index (χ0) is 11.1. The minimum Gasteiger partial charge on any atom is -0.360 e. The van der Waals surface area contributed by atoms with Crippen LogP contribution in [-0.2, 0) is 0 Å². The summed E-state index contributed by atoms with van der Waals surface area (Å²) in [5.41, 5.74) is 7.41. The fourth-order valence-electron chi connectivity index (χ4n) is 2.10. The van der Waals surface area contributed by atoms with Gasteiger partial charge in [0.05, 0.1) is 5.56 Å². The lowest BCUT2D eigenvalue weighted by Crippen LogP contribution is -2.57. The third kappa shape index (κ3) is 1.31. The molecule has 4 nitrogen and oxygen atoms in total. The molecule has 2 heterocycles. The van der Waals surface area contributed by atoms with Gasteiger partial charge in [-0.3, -0.25) is 4.79 Å². The summed E-state index contributed by atoms with van der Waals surface area (Å²) >= 11 is 0. The number of hydrogen-bond donors (Lipinski definition) is 2. The van der Waals surface area contributed by atoms with Crippen LogP contribution in [0.3, 0.4) is 0 Å². The van der Waals surface area contributed by atoms with E-state index in [0.29, 0.717) is 13.1 Å². The molecule has 16 heavy (non-hydrogen) atoms. The van der Waals surface area contributed by atoms with Crippen LogP contribution in [0.4, 0.5) is 0 Å². The number of nitrogens with one attached hydrogen (secondary N) is 1. The summed E-state index contributed by atoms with van der Waals surface area (Å²) < 4.78 is 0. The highest BCUT2D eigenvalue weighted by atomic mass is 16.2. The van der Waals surface area contributed by atoms with Gasteiger partial charge in [-0.1, -0.05) is 18.2 Å². The number of likely N-dealkylation sites (tertiary alicyclic amines) is 1. The Morgan fingerprint density at radius 2 is 2.12 bits per heavy atom. The number of carbonyl (C=O) groups excluding carboxylic acids is 1. The Morgan fingerprint density at radius 3 is 2.88 bits per heavy atom. The van der Waals surface area contributed by atoms with Crippen molar-refractivity contribution in [2.45, 2.75) is 6.04 Å². The number of amides is 1. The van der Waals surface area contributed by atoms with Gasteiger partial charge in [-0.25, -0.2) is 0 Å². The molecule has 82 valence electrons. The van der Waals surface area contributed by atoms with Crippen molar-refractivity contribution in [3.8, 4) is 0 Å². The van der Waals surface area contributed by atoms with Crippen LogP contribution in [0.1, 0.15) is 10.4 Å². The van der Waals surface area contributed by atoms with E-state index in [1.54, 1.807) is 11.1 Å². The number of H-pyrrole nitrogens is 1. The third-order valence-electron chi connectivity index (χ3n) is 3.02. The van der Waals surface area contributed by atoms with Crippen molar-refractivity contribution in [2.24, 2.45) is 5.73 Å². The van der Waals surface area contributed by atoms with Crippen LogP contribution in [0, 0.1) is 0 Å². The van der Waals surface area contributed by atoms with Crippen LogP contribution >= 0.6 is 0 Å². The van der Waals surface area contributed by atoms with E-state index in [-0.39, 0.29) is 11.9 Å². The number of hydrogen-bond acceptors (Lipinski definition) is 2. The molecule has 0 spiro atoms. The van der Waals surface area contributed by atoms with Gasteiger partial charge in [-0.05, 0) is 6.07 Å². The van der Waals surface area contributed by atoms with E-state index in [1.165, 1.54) is 0 Å². The standard InChI is InChI=1S/C12H13N3O/c13-8-6-15(7-8)12(16)10-5-14-11-4-2-1-3-9(10)11/h1-5,8,14H,6-7,13H2. The molecule has 1 aromatic carbocycles. The summed E-state index contributed by atoms with van der Waals surface area (Å²) in [6.07, 6.45) is 1.77. The number of fused-ring (bicyclic) bond motifs is 1. The smallest absolute Gasteiger partial charge is 0.256 e. The number of rotatable bonds is 1. The van der Waals surface area contributed by atoms with Gasteiger partial charge in [0.1, 0.15) is 0 Å². The molecule has 1 aromatic heterocycles. The second-order valence-corrected chi connectivity index (χ2v) is 4.22. The first kappa shape index (κ1) is 9.42. The normalized spacial score (nSPS) is 16.4. The van der Waals surface area contributed by atoms with E-state index < -0.39 is 0 Å². The zero-order valence-electron chi connectivity index (χ0n) is 8.81. The Bertz CT molecular complexity index is 540. The topological polar surface area (TPSA) is 62.1 Å². The van der Waals surface area contributed by atoms with Crippen molar-refractivity contribution >= 4 is 16.8 Å². The van der Waals surface area contributed by atoms with Gasteiger partial charge in [0, 0.05) is 36.2 Å². The molecule has 1 saturated heterocycles. The molecular weight excluding hydrogens is 202 g/mol. The molecule has 3 rings (SSSR count). The Labute approximate surface area is 93.0 Å². The highest BCUT2D eigenvalue weighted by Gasteiger charge is 2.29. The molecule has 1 amide bonds. The number of aromatic nitrogens is 1. The summed E-state index contributed by atoms with van der Waals surface area (Å²) in [6, 6.07) is 7.96. The SMILES string of the molecule is NC1CN(C(=O)c2c[nH]c3ccccc23)C1. The first-order valence-corrected chi connectivity index (χ1v) is 5.36. The second-order valence-electron chi connectivity index (χ2n) is 4.22. The number of aromatic amines is 1. The molecule has 1 fully saturated rings. The van der Waals surface area contributed by atoms with E-state index in [9.17, 15) is 4.79 Å². The zero-order valence-corrected chi connectivity index (χ0v) is 8.81. The summed E-state index contributed by atoms with van der Waals surface area (Å²) in [6.45, 7) is 1.33. The van der Waals surface area contributed by atoms with Gasteiger partial charge in [0.25, 0.3) is 5.91 Å². The first-order valence-electron chi connectivity index (χ1n) is 5.36. The van der Waals surface area contributed by atoms with E-state index >= 15 is 0 Å². The summed E-state index contributed by atoms with van der Waals surface area (Å²) in [4.78, 5) is 17.0. The van der Waals surface area contributed by atoms with Crippen molar-refractivity contribution in [1.82, 2.24) is 9.88 Å². The monoisotopic (exact) mass is 215 g/mol. The predicted molar refractivity (Wildman–Crippen MR) is 62.2 cm³/mol. The van der Waals surface area contributed by atoms with E-state index in [1.807, 2.05) is 24.3 Å². The van der Waals surface area contributed by atoms with Crippen molar-refractivity contribution in [2.75, 3.05) is 13.1 Å². The molecule has 0 atom stereocenters. The van der Waals surface area contributed by atoms with E-state index in [4.69, 9.17) is 5.73 Å². The minimum absolute atomic E-state index is 0.0687. The molecule has 0 aliphatic carbocycles. The fourth-order valence-corrected chi connectivity index (χ4v) is 2.10. The highest BCUT2D eigenvalue weighted by molar-refractivity contribution is 6.06. The highest BCUT2D eigenvalue weighted by Crippen LogP contribution is 2.21. The van der Waals surface area contributed by atoms with Crippen LogP contribution in [0.25, 0.3) is 10.9 Å². The van der Waals surface area contributed by atoms with Crippen molar-refractivity contribution < 1.29 is 4.79 Å². The Balaban J connectivity index is 1.97. The molecule has 0 unspecified atom stereocenters. The second kappa shape index (κ2) is 3.35. The molecular formula is C12H13N3O. The first-order chi connectivity index (χ1) is 7.75. The van der Waals surface area contributed by atoms with Gasteiger partial charge >= 0.3 is 0 Å². The predicted octanol–water partition coefficient (Wildman–Crippen LogP) is 0.951. The lowest BCUT2D eigenvalue weighted by atomic mass is 10.1. The Kier molecular flexibility index (Phi) is 1.97. The van der Waals surface area contributed by atoms with E-state index in [2.05, 4.69) is 4.98 Å². The van der Waals surface area contributed by atoms with Gasteiger partial charge in [-0.15, -0.1) is 0 Å². The maximum atomic E-state index is 12.1. The lowest BCUT2D eigenvalue weighted by Gasteiger charge is -2.36. The molecule has 3 N–H and O–H groups in total. The van der Waals surface area contributed by atoms with Crippen LogP contribution in [-0.4, -0.2) is 34.9 Å². The van der Waals surface area contributed by atoms with Crippen LogP contribution < -0.4 is 5.73 Å². The quantitative estimate of drug-likeness (QED) is 0.744. The number of nitrogens with zero attached hydrogens (tertiary/aromatic N) is 1. The van der Waals surface area contributed by atoms with Crippen molar-refractivity contribution in [3.05, 3.63) is 36.0 Å². The Hall–Kier alpha value is -1.81. The molecule has 0 radical (unpaired) electrons. The van der Waals surface area contributed by atoms with Gasteiger partial charge < -0.3 is 15.6 Å². The summed E-state index contributed by atoms with van der Waals surface area (Å²) in [5, 5.41) is 0.980. The van der Waals surface area contributed by atoms with Gasteiger partial charge in [0.2, 0.25) is 0 Å². The number of nitrogens with two attached hydrogens (primary N) is 1. The van der Waals surface area contributed by atoms with Crippen LogP contribution in [0.15, 0.2) is 30.5 Å². The fraction of sp³-hybridized carbons (Fsp3) is 0.250. The molecule has 1 aliphatic heterocycles. The van der Waals surface area contributed by atoms with E-state index in [0.717, 1.165) is 16.5 Å². The summed E-state index contributed by atoms with van der Waals surface area (Å²) in [7, 11) is 0. The van der Waals surface area contributed by atoms with Crippen LogP contribution in [0.2, 0.25) is 0 Å². The molecule has 1 aliphatic rings. The van der Waals surface area contributed by atoms with Crippen molar-refractivity contribution in [3.63, 3.8) is 0 Å². The van der Waals surface area contributed by atoms with Crippen LogP contribution in [0.5, 0.6) is 0 Å². The average molecular weight is 215 g/mol.